The fraction of sp³-hybridized carbons (Fsp3) is 0.300. The van der Waals surface area contributed by atoms with Crippen molar-refractivity contribution in [1.82, 2.24) is 0 Å². The number of benzene rings is 1. The number of para-hydroxylation sites is 1. The molecule has 3 nitrogen and oxygen atoms in total. The minimum absolute atomic E-state index is 0.0356. The van der Waals surface area contributed by atoms with Gasteiger partial charge in [0.05, 0.1) is 11.0 Å². The lowest BCUT2D eigenvalue weighted by molar-refractivity contribution is -0.274. The summed E-state index contributed by atoms with van der Waals surface area (Å²) in [6.45, 7) is 0. The monoisotopic (exact) mass is 311 g/mol. The second kappa shape index (κ2) is 5.39. The van der Waals surface area contributed by atoms with E-state index in [2.05, 4.69) is 20.7 Å². The summed E-state index contributed by atoms with van der Waals surface area (Å²) in [5.41, 5.74) is 5.65. The molecule has 0 saturated heterocycles. The summed E-state index contributed by atoms with van der Waals surface area (Å²) >= 11 is 2.96. The van der Waals surface area contributed by atoms with Crippen LogP contribution in [0.3, 0.4) is 0 Å². The summed E-state index contributed by atoms with van der Waals surface area (Å²) in [7, 11) is 0. The van der Waals surface area contributed by atoms with E-state index in [1.807, 2.05) is 0 Å². The summed E-state index contributed by atoms with van der Waals surface area (Å²) in [5, 5.41) is 0.122. The van der Waals surface area contributed by atoms with E-state index in [1.54, 1.807) is 0 Å². The highest BCUT2D eigenvalue weighted by Crippen LogP contribution is 2.30. The number of rotatable bonds is 4. The molecule has 2 N–H and O–H groups in total. The Bertz CT molecular complexity index is 421. The van der Waals surface area contributed by atoms with Gasteiger partial charge in [0, 0.05) is 6.42 Å². The highest BCUT2D eigenvalue weighted by atomic mass is 79.9. The lowest BCUT2D eigenvalue weighted by Crippen LogP contribution is -2.18. The maximum Gasteiger partial charge on any atom is 0.573 e. The van der Waals surface area contributed by atoms with Crippen LogP contribution in [0.5, 0.6) is 5.75 Å². The van der Waals surface area contributed by atoms with Gasteiger partial charge in [-0.1, -0.05) is 28.1 Å². The molecule has 17 heavy (non-hydrogen) atoms. The van der Waals surface area contributed by atoms with E-state index < -0.39 is 12.1 Å². The molecule has 0 spiro atoms. The highest BCUT2D eigenvalue weighted by molar-refractivity contribution is 9.09. The molecule has 0 saturated carbocycles. The van der Waals surface area contributed by atoms with E-state index >= 15 is 0 Å². The summed E-state index contributed by atoms with van der Waals surface area (Å²) in [4.78, 5) is 11.2. The van der Waals surface area contributed by atoms with Crippen molar-refractivity contribution in [2.24, 2.45) is 0 Å². The third-order valence-corrected chi connectivity index (χ3v) is 2.54. The average Bonchev–Trinajstić information content (AvgIpc) is 2.22. The molecule has 7 heteroatoms. The smallest absolute Gasteiger partial charge is 0.404 e. The Labute approximate surface area is 104 Å². The van der Waals surface area contributed by atoms with Crippen LogP contribution < -0.4 is 10.5 Å². The first-order valence-electron chi connectivity index (χ1n) is 4.54. The van der Waals surface area contributed by atoms with Crippen LogP contribution in [-0.4, -0.2) is 17.5 Å². The Hall–Kier alpha value is -1.24. The van der Waals surface area contributed by atoms with Crippen LogP contribution >= 0.6 is 15.9 Å². The lowest BCUT2D eigenvalue weighted by Gasteiger charge is -2.13. The number of carbonyl (C=O) groups is 1. The number of hydrogen-bond donors (Lipinski definition) is 1. The minimum Gasteiger partial charge on any atom is -0.404 e. The first-order valence-corrected chi connectivity index (χ1v) is 5.66. The fourth-order valence-corrected chi connectivity index (χ4v) is 1.42. The van der Waals surface area contributed by atoms with Gasteiger partial charge < -0.3 is 10.5 Å². The summed E-state index contributed by atoms with van der Waals surface area (Å²) in [5.74, 6) is -0.668. The van der Waals surface area contributed by atoms with E-state index in [1.165, 1.54) is 12.1 Å². The molecule has 0 aromatic heterocycles. The van der Waals surface area contributed by atoms with Crippen molar-refractivity contribution in [3.8, 4) is 5.75 Å². The van der Waals surface area contributed by atoms with E-state index in [-0.39, 0.29) is 23.2 Å². The SMILES string of the molecule is Nc1c(CC(=O)CBr)cccc1OC(F)(F)F. The number of ketones is 1. The molecule has 0 bridgehead atoms. The zero-order valence-corrected chi connectivity index (χ0v) is 10.1. The van der Waals surface area contributed by atoms with Crippen LogP contribution in [0.15, 0.2) is 18.2 Å². The molecule has 0 unspecified atom stereocenters. The van der Waals surface area contributed by atoms with Gasteiger partial charge in [0.1, 0.15) is 5.78 Å². The number of anilines is 1. The molecule has 0 aliphatic heterocycles. The molecule has 94 valence electrons. The molecule has 0 radical (unpaired) electrons. The van der Waals surface area contributed by atoms with Crippen LogP contribution in [0.4, 0.5) is 18.9 Å². The number of nitrogens with two attached hydrogens (primary N) is 1. The third kappa shape index (κ3) is 4.26. The Kier molecular flexibility index (Phi) is 4.39. The van der Waals surface area contributed by atoms with Gasteiger partial charge in [0.15, 0.2) is 5.75 Å². The molecule has 0 amide bonds. The van der Waals surface area contributed by atoms with Gasteiger partial charge in [-0.2, -0.15) is 0 Å². The zero-order valence-electron chi connectivity index (χ0n) is 8.55. The molecular weight excluding hydrogens is 303 g/mol. The molecular formula is C10H9BrF3NO2. The quantitative estimate of drug-likeness (QED) is 0.687. The van der Waals surface area contributed by atoms with E-state index in [9.17, 15) is 18.0 Å². The lowest BCUT2D eigenvalue weighted by atomic mass is 10.1. The van der Waals surface area contributed by atoms with Crippen molar-refractivity contribution in [1.29, 1.82) is 0 Å². The number of halogens is 4. The minimum atomic E-state index is -4.80. The first kappa shape index (κ1) is 13.8. The predicted octanol–water partition coefficient (Wildman–Crippen LogP) is 2.67. The molecule has 0 fully saturated rings. The maximum absolute atomic E-state index is 12.0. The topological polar surface area (TPSA) is 52.3 Å². The molecule has 0 aliphatic carbocycles. The summed E-state index contributed by atoms with van der Waals surface area (Å²) in [6.07, 6.45) is -4.84. The average molecular weight is 312 g/mol. The van der Waals surface area contributed by atoms with Gasteiger partial charge in [0.2, 0.25) is 0 Å². The number of carbonyl (C=O) groups excluding carboxylic acids is 1. The second-order valence-corrected chi connectivity index (χ2v) is 3.79. The predicted molar refractivity (Wildman–Crippen MR) is 60.0 cm³/mol. The van der Waals surface area contributed by atoms with Gasteiger partial charge in [-0.15, -0.1) is 13.2 Å². The van der Waals surface area contributed by atoms with Crippen molar-refractivity contribution in [3.63, 3.8) is 0 Å². The fourth-order valence-electron chi connectivity index (χ4n) is 1.22. The molecule has 1 aromatic rings. The number of alkyl halides is 4. The van der Waals surface area contributed by atoms with E-state index in [0.717, 1.165) is 6.07 Å². The second-order valence-electron chi connectivity index (χ2n) is 3.23. The number of Topliss-reactive ketones (excluding diaryl/α,β-unsaturated/α-hetero) is 1. The summed E-state index contributed by atoms with van der Waals surface area (Å²) in [6, 6.07) is 3.94. The van der Waals surface area contributed by atoms with Gasteiger partial charge in [-0.05, 0) is 11.6 Å². The normalized spacial score (nSPS) is 11.3. The number of nitrogen functional groups attached to an aromatic ring is 1. The van der Waals surface area contributed by atoms with Gasteiger partial charge in [-0.3, -0.25) is 4.79 Å². The van der Waals surface area contributed by atoms with Crippen molar-refractivity contribution in [3.05, 3.63) is 23.8 Å². The van der Waals surface area contributed by atoms with Crippen LogP contribution in [0.2, 0.25) is 0 Å². The molecule has 0 heterocycles. The van der Waals surface area contributed by atoms with Gasteiger partial charge in [-0.25, -0.2) is 0 Å². The zero-order chi connectivity index (χ0) is 13.1. The Balaban J connectivity index is 2.95. The Morgan fingerprint density at radius 1 is 1.41 bits per heavy atom. The first-order chi connectivity index (χ1) is 7.83. The van der Waals surface area contributed by atoms with Crippen LogP contribution in [0.25, 0.3) is 0 Å². The largest absolute Gasteiger partial charge is 0.573 e. The Morgan fingerprint density at radius 2 is 2.06 bits per heavy atom. The van der Waals surface area contributed by atoms with Crippen molar-refractivity contribution in [2.75, 3.05) is 11.1 Å². The molecule has 1 aromatic carbocycles. The van der Waals surface area contributed by atoms with Crippen LogP contribution in [0.1, 0.15) is 5.56 Å². The van der Waals surface area contributed by atoms with Crippen molar-refractivity contribution in [2.45, 2.75) is 12.8 Å². The number of ether oxygens (including phenoxy) is 1. The van der Waals surface area contributed by atoms with E-state index in [4.69, 9.17) is 5.73 Å². The number of hydrogen-bond acceptors (Lipinski definition) is 3. The van der Waals surface area contributed by atoms with Gasteiger partial charge >= 0.3 is 6.36 Å². The molecule has 0 aliphatic rings. The standard InChI is InChI=1S/C10H9BrF3NO2/c11-5-7(16)4-6-2-1-3-8(9(6)15)17-10(12,13)14/h1-3H,4-5,15H2. The van der Waals surface area contributed by atoms with Crippen molar-refractivity contribution < 1.29 is 22.7 Å². The van der Waals surface area contributed by atoms with Gasteiger partial charge in [0.25, 0.3) is 0 Å². The third-order valence-electron chi connectivity index (χ3n) is 1.92. The maximum atomic E-state index is 12.0. The summed E-state index contributed by atoms with van der Waals surface area (Å²) < 4.78 is 39.8. The Morgan fingerprint density at radius 3 is 2.59 bits per heavy atom. The van der Waals surface area contributed by atoms with Crippen LogP contribution in [-0.2, 0) is 11.2 Å². The molecule has 0 atom stereocenters. The molecule has 1 rings (SSSR count). The highest BCUT2D eigenvalue weighted by Gasteiger charge is 2.32. The van der Waals surface area contributed by atoms with E-state index in [0.29, 0.717) is 5.56 Å². The van der Waals surface area contributed by atoms with Crippen molar-refractivity contribution >= 4 is 27.4 Å². The van der Waals surface area contributed by atoms with Crippen LogP contribution in [0, 0.1) is 0 Å².